The summed E-state index contributed by atoms with van der Waals surface area (Å²) < 4.78 is 5.33. The van der Waals surface area contributed by atoms with Crippen molar-refractivity contribution < 1.29 is 4.74 Å². The van der Waals surface area contributed by atoms with E-state index in [2.05, 4.69) is 13.5 Å². The lowest BCUT2D eigenvalue weighted by Crippen LogP contribution is -2.28. The first kappa shape index (κ1) is 9.63. The van der Waals surface area contributed by atoms with Gasteiger partial charge in [0, 0.05) is 5.41 Å². The highest BCUT2D eigenvalue weighted by molar-refractivity contribution is 4.81. The van der Waals surface area contributed by atoms with E-state index in [9.17, 15) is 0 Å². The van der Waals surface area contributed by atoms with Crippen LogP contribution in [0.1, 0.15) is 45.4 Å². The van der Waals surface area contributed by atoms with E-state index in [-0.39, 0.29) is 0 Å². The average molecular weight is 168 g/mol. The smallest absolute Gasteiger partial charge is 0.0929 e. The molecule has 0 aromatic rings. The third kappa shape index (κ3) is 2.26. The van der Waals surface area contributed by atoms with Gasteiger partial charge in [-0.15, -0.1) is 0 Å². The summed E-state index contributed by atoms with van der Waals surface area (Å²) >= 11 is 0. The summed E-state index contributed by atoms with van der Waals surface area (Å²) in [6, 6.07) is 0. The lowest BCUT2D eigenvalue weighted by Gasteiger charge is -2.35. The molecule has 0 unspecified atom stereocenters. The second-order valence-electron chi connectivity index (χ2n) is 3.89. The van der Waals surface area contributed by atoms with Gasteiger partial charge in [-0.2, -0.15) is 0 Å². The minimum absolute atomic E-state index is 0.479. The van der Waals surface area contributed by atoms with E-state index < -0.39 is 0 Å². The van der Waals surface area contributed by atoms with E-state index in [1.807, 2.05) is 0 Å². The largest absolute Gasteiger partial charge is 0.501 e. The third-order valence-electron chi connectivity index (χ3n) is 3.17. The molecule has 1 heteroatoms. The monoisotopic (exact) mass is 168 g/mol. The van der Waals surface area contributed by atoms with Gasteiger partial charge in [0.1, 0.15) is 0 Å². The molecule has 1 nitrogen and oxygen atoms in total. The molecule has 1 fully saturated rings. The van der Waals surface area contributed by atoms with E-state index >= 15 is 0 Å². The van der Waals surface area contributed by atoms with Crippen molar-refractivity contribution in [2.45, 2.75) is 45.4 Å². The topological polar surface area (TPSA) is 9.23 Å². The van der Waals surface area contributed by atoms with Crippen LogP contribution in [0.25, 0.3) is 0 Å². The zero-order chi connectivity index (χ0) is 8.86. The summed E-state index contributed by atoms with van der Waals surface area (Å²) in [6.07, 6.45) is 9.69. The molecular weight excluding hydrogens is 148 g/mol. The fraction of sp³-hybridized carbons (Fsp3) is 0.818. The van der Waals surface area contributed by atoms with Crippen molar-refractivity contribution in [2.24, 2.45) is 5.41 Å². The summed E-state index contributed by atoms with van der Waals surface area (Å²) in [5.74, 6) is 0. The highest BCUT2D eigenvalue weighted by Gasteiger charge is 2.30. The molecule has 0 saturated heterocycles. The minimum atomic E-state index is 0.479. The van der Waals surface area contributed by atoms with Gasteiger partial charge in [0.2, 0.25) is 0 Å². The Labute approximate surface area is 75.8 Å². The SMILES string of the molecule is C=COCC1(CC)CCCCC1. The second-order valence-corrected chi connectivity index (χ2v) is 3.89. The predicted octanol–water partition coefficient (Wildman–Crippen LogP) is 3.51. The van der Waals surface area contributed by atoms with Gasteiger partial charge in [-0.25, -0.2) is 0 Å². The summed E-state index contributed by atoms with van der Waals surface area (Å²) in [5, 5.41) is 0. The molecule has 0 aromatic heterocycles. The van der Waals surface area contributed by atoms with Gasteiger partial charge in [-0.3, -0.25) is 0 Å². The maximum Gasteiger partial charge on any atom is 0.0929 e. The van der Waals surface area contributed by atoms with Crippen LogP contribution in [0.5, 0.6) is 0 Å². The molecular formula is C11H20O. The Morgan fingerprint density at radius 1 is 1.33 bits per heavy atom. The molecule has 12 heavy (non-hydrogen) atoms. The van der Waals surface area contributed by atoms with Crippen LogP contribution in [0.15, 0.2) is 12.8 Å². The summed E-state index contributed by atoms with van der Waals surface area (Å²) in [4.78, 5) is 0. The molecule has 0 radical (unpaired) electrons. The van der Waals surface area contributed by atoms with Gasteiger partial charge in [0.05, 0.1) is 12.9 Å². The predicted molar refractivity (Wildman–Crippen MR) is 52.0 cm³/mol. The molecule has 1 aliphatic rings. The van der Waals surface area contributed by atoms with Gasteiger partial charge in [0.15, 0.2) is 0 Å². The molecule has 70 valence electrons. The van der Waals surface area contributed by atoms with Crippen LogP contribution < -0.4 is 0 Å². The van der Waals surface area contributed by atoms with Crippen molar-refractivity contribution in [1.29, 1.82) is 0 Å². The lowest BCUT2D eigenvalue weighted by molar-refractivity contribution is 0.0668. The zero-order valence-electron chi connectivity index (χ0n) is 8.14. The summed E-state index contributed by atoms with van der Waals surface area (Å²) in [5.41, 5.74) is 0.479. The van der Waals surface area contributed by atoms with Gasteiger partial charge in [0.25, 0.3) is 0 Å². The Morgan fingerprint density at radius 3 is 2.50 bits per heavy atom. The van der Waals surface area contributed by atoms with Crippen molar-refractivity contribution in [3.05, 3.63) is 12.8 Å². The first-order valence-electron chi connectivity index (χ1n) is 5.05. The van der Waals surface area contributed by atoms with Crippen molar-refractivity contribution in [3.63, 3.8) is 0 Å². The molecule has 0 heterocycles. The molecule has 1 saturated carbocycles. The molecule has 1 rings (SSSR count). The number of rotatable bonds is 4. The quantitative estimate of drug-likeness (QED) is 0.584. The van der Waals surface area contributed by atoms with Crippen LogP contribution in [-0.4, -0.2) is 6.61 Å². The van der Waals surface area contributed by atoms with Gasteiger partial charge < -0.3 is 4.74 Å². The highest BCUT2D eigenvalue weighted by Crippen LogP contribution is 2.39. The van der Waals surface area contributed by atoms with Crippen LogP contribution in [-0.2, 0) is 4.74 Å². The molecule has 0 amide bonds. The van der Waals surface area contributed by atoms with E-state index in [0.717, 1.165) is 6.61 Å². The molecule has 0 N–H and O–H groups in total. The van der Waals surface area contributed by atoms with Gasteiger partial charge in [-0.1, -0.05) is 32.8 Å². The Morgan fingerprint density at radius 2 is 2.00 bits per heavy atom. The maximum atomic E-state index is 5.33. The van der Waals surface area contributed by atoms with Crippen molar-refractivity contribution in [1.82, 2.24) is 0 Å². The third-order valence-corrected chi connectivity index (χ3v) is 3.17. The maximum absolute atomic E-state index is 5.33. The van der Waals surface area contributed by atoms with Gasteiger partial charge >= 0.3 is 0 Å². The zero-order valence-corrected chi connectivity index (χ0v) is 8.14. The Balaban J connectivity index is 2.41. The van der Waals surface area contributed by atoms with Crippen LogP contribution in [0.4, 0.5) is 0 Å². The molecule has 0 aliphatic heterocycles. The minimum Gasteiger partial charge on any atom is -0.501 e. The fourth-order valence-corrected chi connectivity index (χ4v) is 2.14. The summed E-state index contributed by atoms with van der Waals surface area (Å²) in [6.45, 7) is 6.75. The van der Waals surface area contributed by atoms with Crippen LogP contribution in [0.2, 0.25) is 0 Å². The Kier molecular flexibility index (Phi) is 3.64. The van der Waals surface area contributed by atoms with E-state index in [1.54, 1.807) is 6.26 Å². The lowest BCUT2D eigenvalue weighted by atomic mass is 9.73. The molecule has 0 bridgehead atoms. The molecule has 0 spiro atoms. The highest BCUT2D eigenvalue weighted by atomic mass is 16.5. The van der Waals surface area contributed by atoms with Crippen molar-refractivity contribution >= 4 is 0 Å². The first-order valence-corrected chi connectivity index (χ1v) is 5.05. The van der Waals surface area contributed by atoms with E-state index in [1.165, 1.54) is 38.5 Å². The number of hydrogen-bond donors (Lipinski definition) is 0. The summed E-state index contributed by atoms with van der Waals surface area (Å²) in [7, 11) is 0. The fourth-order valence-electron chi connectivity index (χ4n) is 2.14. The van der Waals surface area contributed by atoms with Crippen molar-refractivity contribution in [2.75, 3.05) is 6.61 Å². The normalized spacial score (nSPS) is 21.8. The van der Waals surface area contributed by atoms with Crippen LogP contribution in [0.3, 0.4) is 0 Å². The first-order chi connectivity index (χ1) is 5.83. The number of ether oxygens (including phenoxy) is 1. The number of hydrogen-bond acceptors (Lipinski definition) is 1. The van der Waals surface area contributed by atoms with Crippen LogP contribution >= 0.6 is 0 Å². The van der Waals surface area contributed by atoms with Crippen molar-refractivity contribution in [3.8, 4) is 0 Å². The molecule has 0 atom stereocenters. The van der Waals surface area contributed by atoms with Crippen LogP contribution in [0, 0.1) is 5.41 Å². The van der Waals surface area contributed by atoms with E-state index in [4.69, 9.17) is 4.74 Å². The van der Waals surface area contributed by atoms with Gasteiger partial charge in [-0.05, 0) is 19.3 Å². The Bertz CT molecular complexity index is 134. The second kappa shape index (κ2) is 4.54. The standard InChI is InChI=1S/C11H20O/c1-3-11(10-12-4-2)8-6-5-7-9-11/h4H,2-3,5-10H2,1H3. The molecule has 1 aliphatic carbocycles. The van der Waals surface area contributed by atoms with E-state index in [0.29, 0.717) is 5.41 Å². The average Bonchev–Trinajstić information content (AvgIpc) is 2.16. The Hall–Kier alpha value is -0.460. The molecule has 0 aromatic carbocycles.